The van der Waals surface area contributed by atoms with Crippen molar-refractivity contribution in [1.82, 2.24) is 0 Å². The molecule has 0 amide bonds. The largest absolute Gasteiger partial charge is 0.287 e. The third-order valence-electron chi connectivity index (χ3n) is 0.627. The van der Waals surface area contributed by atoms with Crippen LogP contribution in [0.25, 0.3) is 0 Å². The average molecular weight is 148 g/mol. The van der Waals surface area contributed by atoms with Crippen LogP contribution in [0.15, 0.2) is 11.5 Å². The molecule has 0 aliphatic carbocycles. The zero-order chi connectivity index (χ0) is 6.57. The molecule has 0 atom stereocenters. The Morgan fingerprint density at radius 2 is 1.88 bits per heavy atom. The predicted molar refractivity (Wildman–Crippen MR) is 41.4 cm³/mol. The molecular weight excluding hydrogens is 140 g/mol. The Morgan fingerprint density at radius 1 is 1.38 bits per heavy atom. The summed E-state index contributed by atoms with van der Waals surface area (Å²) in [6.07, 6.45) is 1.07. The molecule has 0 aromatic rings. The van der Waals surface area contributed by atoms with Crippen LogP contribution in [0.2, 0.25) is 0 Å². The predicted octanol–water partition coefficient (Wildman–Crippen LogP) is 1.67. The van der Waals surface area contributed by atoms with E-state index in [1.54, 1.807) is 0 Å². The second kappa shape index (κ2) is 4.04. The molecule has 8 heavy (non-hydrogen) atoms. The molecule has 0 spiro atoms. The van der Waals surface area contributed by atoms with Gasteiger partial charge in [-0.2, -0.15) is 0 Å². The minimum Gasteiger partial charge on any atom is -0.287 e. The topological polar surface area (TPSA) is 17.1 Å². The molecule has 0 aromatic carbocycles. The highest BCUT2D eigenvalue weighted by atomic mass is 32.1. The second-order valence-corrected chi connectivity index (χ2v) is 2.59. The Kier molecular flexibility index (Phi) is 4.09. The molecule has 0 rings (SSSR count). The summed E-state index contributed by atoms with van der Waals surface area (Å²) in [6.45, 7) is 3.51. The summed E-state index contributed by atoms with van der Waals surface area (Å²) in [6, 6.07) is 0. The lowest BCUT2D eigenvalue weighted by atomic mass is 10.3. The van der Waals surface area contributed by atoms with Crippen LogP contribution in [0, 0.1) is 0 Å². The third-order valence-corrected chi connectivity index (χ3v) is 1.07. The first kappa shape index (κ1) is 8.11. The summed E-state index contributed by atoms with van der Waals surface area (Å²) in [5.41, 5.74) is 0. The van der Waals surface area contributed by atoms with Gasteiger partial charge in [0, 0.05) is 6.42 Å². The average Bonchev–Trinajstić information content (AvgIpc) is 1.61. The Hall–Kier alpha value is 0.110. The number of rotatable bonds is 3. The molecule has 0 saturated carbocycles. The van der Waals surface area contributed by atoms with Crippen LogP contribution in [-0.4, -0.2) is 5.12 Å². The fraction of sp³-hybridized carbons (Fsp3) is 0.400. The van der Waals surface area contributed by atoms with E-state index in [9.17, 15) is 4.79 Å². The van der Waals surface area contributed by atoms with E-state index in [1.165, 1.54) is 0 Å². The van der Waals surface area contributed by atoms with Crippen LogP contribution in [0.5, 0.6) is 0 Å². The van der Waals surface area contributed by atoms with Gasteiger partial charge in [-0.3, -0.25) is 4.79 Å². The van der Waals surface area contributed by atoms with E-state index in [1.807, 2.05) is 0 Å². The van der Waals surface area contributed by atoms with Crippen molar-refractivity contribution in [2.24, 2.45) is 0 Å². The fourth-order valence-corrected chi connectivity index (χ4v) is 0.475. The van der Waals surface area contributed by atoms with Gasteiger partial charge >= 0.3 is 0 Å². The molecule has 0 aliphatic heterocycles. The first-order chi connectivity index (χ1) is 3.63. The quantitative estimate of drug-likeness (QED) is 0.582. The third kappa shape index (κ3) is 6.11. The van der Waals surface area contributed by atoms with Gasteiger partial charge in [-0.05, 0) is 11.3 Å². The van der Waals surface area contributed by atoms with Crippen LogP contribution in [-0.2, 0) is 4.79 Å². The number of carbonyl (C=O) groups is 1. The van der Waals surface area contributed by atoms with E-state index in [4.69, 9.17) is 0 Å². The maximum Gasteiger partial charge on any atom is 0.186 e. The number of hydrogen-bond acceptors (Lipinski definition) is 2. The number of allylic oxidation sites excluding steroid dienone is 1. The zero-order valence-electron chi connectivity index (χ0n) is 4.42. The Morgan fingerprint density at radius 3 is 2.00 bits per heavy atom. The van der Waals surface area contributed by atoms with E-state index in [2.05, 4.69) is 31.8 Å². The van der Waals surface area contributed by atoms with Gasteiger partial charge in [0.1, 0.15) is 0 Å². The molecule has 0 fully saturated rings. The molecule has 0 radical (unpaired) electrons. The Balaban J connectivity index is 3.18. The second-order valence-electron chi connectivity index (χ2n) is 1.46. The summed E-state index contributed by atoms with van der Waals surface area (Å²) in [7, 11) is 0. The summed E-state index contributed by atoms with van der Waals surface area (Å²) in [5, 5.41) is -0.111. The van der Waals surface area contributed by atoms with Gasteiger partial charge in [-0.1, -0.05) is 6.58 Å². The standard InChI is InChI=1S/C5H8OS2/c1-4(7)2-3-5(6)8/h7H,1-3H2,(H,6,8). The van der Waals surface area contributed by atoms with E-state index < -0.39 is 0 Å². The molecule has 0 bridgehead atoms. The van der Waals surface area contributed by atoms with E-state index >= 15 is 0 Å². The lowest BCUT2D eigenvalue weighted by molar-refractivity contribution is -0.110. The van der Waals surface area contributed by atoms with Crippen molar-refractivity contribution >= 4 is 30.4 Å². The van der Waals surface area contributed by atoms with E-state index in [-0.39, 0.29) is 5.12 Å². The highest BCUT2D eigenvalue weighted by molar-refractivity contribution is 7.96. The number of carbonyl (C=O) groups excluding carboxylic acids is 1. The van der Waals surface area contributed by atoms with Crippen molar-refractivity contribution in [1.29, 1.82) is 0 Å². The van der Waals surface area contributed by atoms with Gasteiger partial charge < -0.3 is 0 Å². The van der Waals surface area contributed by atoms with E-state index in [0.717, 1.165) is 4.91 Å². The zero-order valence-corrected chi connectivity index (χ0v) is 6.21. The van der Waals surface area contributed by atoms with Gasteiger partial charge in [-0.15, -0.1) is 25.3 Å². The molecule has 3 heteroatoms. The van der Waals surface area contributed by atoms with Crippen LogP contribution in [0.3, 0.4) is 0 Å². The maximum absolute atomic E-state index is 10.1. The fourth-order valence-electron chi connectivity index (χ4n) is 0.251. The van der Waals surface area contributed by atoms with Crippen LogP contribution < -0.4 is 0 Å². The molecule has 0 heterocycles. The van der Waals surface area contributed by atoms with Gasteiger partial charge in [0.25, 0.3) is 0 Å². The molecule has 0 unspecified atom stereocenters. The molecular formula is C5H8OS2. The number of hydrogen-bond donors (Lipinski definition) is 2. The lowest BCUT2D eigenvalue weighted by Gasteiger charge is -1.90. The van der Waals surface area contributed by atoms with Gasteiger partial charge in [0.2, 0.25) is 0 Å². The first-order valence-electron chi connectivity index (χ1n) is 2.21. The van der Waals surface area contributed by atoms with Gasteiger partial charge in [0.15, 0.2) is 5.12 Å². The summed E-state index contributed by atoms with van der Waals surface area (Å²) in [4.78, 5) is 10.9. The van der Waals surface area contributed by atoms with Crippen molar-refractivity contribution < 1.29 is 4.79 Å². The highest BCUT2D eigenvalue weighted by Crippen LogP contribution is 2.06. The highest BCUT2D eigenvalue weighted by Gasteiger charge is 1.92. The van der Waals surface area contributed by atoms with Crippen molar-refractivity contribution in [3.63, 3.8) is 0 Å². The molecule has 46 valence electrons. The summed E-state index contributed by atoms with van der Waals surface area (Å²) < 4.78 is 0. The van der Waals surface area contributed by atoms with Crippen LogP contribution in [0.1, 0.15) is 12.8 Å². The SMILES string of the molecule is C=C(S)CCC(=O)S. The summed E-state index contributed by atoms with van der Waals surface area (Å²) in [5.74, 6) is 0. The van der Waals surface area contributed by atoms with Crippen molar-refractivity contribution in [3.8, 4) is 0 Å². The minimum absolute atomic E-state index is 0.111. The lowest BCUT2D eigenvalue weighted by Crippen LogP contribution is -1.83. The van der Waals surface area contributed by atoms with Crippen LogP contribution >= 0.6 is 25.3 Å². The summed E-state index contributed by atoms with van der Waals surface area (Å²) >= 11 is 7.45. The molecule has 0 N–H and O–H groups in total. The van der Waals surface area contributed by atoms with Crippen molar-refractivity contribution in [2.45, 2.75) is 12.8 Å². The van der Waals surface area contributed by atoms with Crippen LogP contribution in [0.4, 0.5) is 0 Å². The Bertz CT molecular complexity index is 95.0. The van der Waals surface area contributed by atoms with Crippen molar-refractivity contribution in [3.05, 3.63) is 11.5 Å². The first-order valence-corrected chi connectivity index (χ1v) is 3.11. The number of thiol groups is 2. The minimum atomic E-state index is -0.111. The van der Waals surface area contributed by atoms with Gasteiger partial charge in [0.05, 0.1) is 0 Å². The molecule has 1 nitrogen and oxygen atoms in total. The molecule has 0 saturated heterocycles. The Labute approximate surface area is 60.0 Å². The maximum atomic E-state index is 10.1. The van der Waals surface area contributed by atoms with Crippen molar-refractivity contribution in [2.75, 3.05) is 0 Å². The monoisotopic (exact) mass is 148 g/mol. The molecule has 0 aromatic heterocycles. The van der Waals surface area contributed by atoms with E-state index in [0.29, 0.717) is 12.8 Å². The smallest absolute Gasteiger partial charge is 0.186 e. The van der Waals surface area contributed by atoms with Gasteiger partial charge in [-0.25, -0.2) is 0 Å². The molecule has 0 aliphatic rings. The normalized spacial score (nSPS) is 8.75.